The fraction of sp³-hybridized carbons (Fsp3) is 0.375. The molecule has 1 aromatic heterocycles. The van der Waals surface area contributed by atoms with Crippen LogP contribution in [0.15, 0.2) is 24.3 Å². The van der Waals surface area contributed by atoms with Gasteiger partial charge in [-0.15, -0.1) is 0 Å². The second-order valence-corrected chi connectivity index (χ2v) is 5.27. The molecule has 0 bridgehead atoms. The van der Waals surface area contributed by atoms with Gasteiger partial charge in [-0.2, -0.15) is 5.10 Å². The third-order valence-electron chi connectivity index (χ3n) is 3.38. The molecule has 1 aromatic carbocycles. The van der Waals surface area contributed by atoms with Gasteiger partial charge >= 0.3 is 5.97 Å². The predicted molar refractivity (Wildman–Crippen MR) is 78.7 cm³/mol. The molecule has 0 atom stereocenters. The van der Waals surface area contributed by atoms with E-state index in [1.165, 1.54) is 5.56 Å². The smallest absolute Gasteiger partial charge is 0.339 e. The Bertz CT molecular complexity index is 625. The molecule has 1 heterocycles. The summed E-state index contributed by atoms with van der Waals surface area (Å²) in [4.78, 5) is 11.6. The molecule has 2 rings (SSSR count). The minimum atomic E-state index is -0.899. The lowest BCUT2D eigenvalue weighted by molar-refractivity contribution is 0.0694. The van der Waals surface area contributed by atoms with Crippen molar-refractivity contribution in [2.24, 2.45) is 0 Å². The monoisotopic (exact) mass is 272 g/mol. The van der Waals surface area contributed by atoms with E-state index < -0.39 is 5.97 Å². The summed E-state index contributed by atoms with van der Waals surface area (Å²) in [5.74, 6) is -0.818. The van der Waals surface area contributed by atoms with Crippen molar-refractivity contribution in [3.63, 3.8) is 0 Å². The lowest BCUT2D eigenvalue weighted by Gasteiger charge is -2.06. The molecule has 4 nitrogen and oxygen atoms in total. The third kappa shape index (κ3) is 2.46. The molecule has 0 aliphatic carbocycles. The van der Waals surface area contributed by atoms with Gasteiger partial charge in [-0.1, -0.05) is 38.5 Å². The quantitative estimate of drug-likeness (QED) is 0.925. The molecular formula is C16H20N2O2. The summed E-state index contributed by atoms with van der Waals surface area (Å²) in [7, 11) is 0. The summed E-state index contributed by atoms with van der Waals surface area (Å²) in [5.41, 5.74) is 3.83. The van der Waals surface area contributed by atoms with Crippen LogP contribution in [-0.2, 0) is 6.42 Å². The van der Waals surface area contributed by atoms with Gasteiger partial charge in [-0.3, -0.25) is 0 Å². The Morgan fingerprint density at radius 2 is 1.90 bits per heavy atom. The van der Waals surface area contributed by atoms with E-state index in [2.05, 4.69) is 5.10 Å². The first-order valence-corrected chi connectivity index (χ1v) is 6.87. The van der Waals surface area contributed by atoms with Gasteiger partial charge in [0.2, 0.25) is 0 Å². The molecule has 0 radical (unpaired) electrons. The maximum absolute atomic E-state index is 11.6. The van der Waals surface area contributed by atoms with Crippen molar-refractivity contribution in [3.8, 4) is 5.69 Å². The fourth-order valence-electron chi connectivity index (χ4n) is 2.34. The van der Waals surface area contributed by atoms with Crippen LogP contribution in [0.1, 0.15) is 54.0 Å². The summed E-state index contributed by atoms with van der Waals surface area (Å²) in [6.07, 6.45) is 0.634. The number of hydrogen-bond donors (Lipinski definition) is 1. The van der Waals surface area contributed by atoms with Crippen molar-refractivity contribution < 1.29 is 9.90 Å². The van der Waals surface area contributed by atoms with Gasteiger partial charge in [-0.05, 0) is 31.4 Å². The Balaban J connectivity index is 2.67. The Morgan fingerprint density at radius 3 is 2.35 bits per heavy atom. The molecule has 20 heavy (non-hydrogen) atoms. The Hall–Kier alpha value is -2.10. The van der Waals surface area contributed by atoms with E-state index in [0.717, 1.165) is 11.4 Å². The van der Waals surface area contributed by atoms with Crippen LogP contribution in [0.3, 0.4) is 0 Å². The molecule has 1 N–H and O–H groups in total. The highest BCUT2D eigenvalue weighted by Gasteiger charge is 2.24. The highest BCUT2D eigenvalue weighted by Crippen LogP contribution is 2.25. The minimum absolute atomic E-state index is 0.0816. The zero-order valence-electron chi connectivity index (χ0n) is 12.3. The molecule has 0 aliphatic heterocycles. The number of carboxylic acids is 1. The molecule has 0 aliphatic rings. The average Bonchev–Trinajstić information content (AvgIpc) is 2.79. The molecule has 0 unspecified atom stereocenters. The first-order valence-electron chi connectivity index (χ1n) is 6.87. The number of rotatable bonds is 4. The highest BCUT2D eigenvalue weighted by molar-refractivity contribution is 5.90. The van der Waals surface area contributed by atoms with Crippen LogP contribution in [0.4, 0.5) is 0 Å². The first-order chi connectivity index (χ1) is 9.45. The maximum Gasteiger partial charge on any atom is 0.339 e. The van der Waals surface area contributed by atoms with Gasteiger partial charge in [0.15, 0.2) is 0 Å². The summed E-state index contributed by atoms with van der Waals surface area (Å²) >= 11 is 0. The van der Waals surface area contributed by atoms with E-state index in [4.69, 9.17) is 0 Å². The van der Waals surface area contributed by atoms with E-state index in [9.17, 15) is 9.90 Å². The molecule has 0 amide bonds. The van der Waals surface area contributed by atoms with Gasteiger partial charge < -0.3 is 5.11 Å². The van der Waals surface area contributed by atoms with Gasteiger partial charge in [-0.25, -0.2) is 9.48 Å². The van der Waals surface area contributed by atoms with Crippen LogP contribution >= 0.6 is 0 Å². The molecule has 0 spiro atoms. The van der Waals surface area contributed by atoms with Crippen LogP contribution in [0.2, 0.25) is 0 Å². The SMILES string of the molecule is CCc1c(C(=O)O)c(C(C)C)nn1-c1ccc(C)cc1. The third-order valence-corrected chi connectivity index (χ3v) is 3.38. The van der Waals surface area contributed by atoms with E-state index >= 15 is 0 Å². The Morgan fingerprint density at radius 1 is 1.30 bits per heavy atom. The number of aryl methyl sites for hydroxylation is 1. The summed E-state index contributed by atoms with van der Waals surface area (Å²) < 4.78 is 1.76. The number of carbonyl (C=O) groups is 1. The number of benzene rings is 1. The van der Waals surface area contributed by atoms with E-state index in [-0.39, 0.29) is 5.92 Å². The van der Waals surface area contributed by atoms with Crippen molar-refractivity contribution in [1.29, 1.82) is 0 Å². The fourth-order valence-corrected chi connectivity index (χ4v) is 2.34. The highest BCUT2D eigenvalue weighted by atomic mass is 16.4. The molecular weight excluding hydrogens is 252 g/mol. The predicted octanol–water partition coefficient (Wildman–Crippen LogP) is 3.56. The zero-order chi connectivity index (χ0) is 14.9. The summed E-state index contributed by atoms with van der Waals surface area (Å²) in [5, 5.41) is 14.0. The average molecular weight is 272 g/mol. The minimum Gasteiger partial charge on any atom is -0.478 e. The normalized spacial score (nSPS) is 11.1. The molecule has 2 aromatic rings. The summed E-state index contributed by atoms with van der Waals surface area (Å²) in [6.45, 7) is 7.91. The van der Waals surface area contributed by atoms with Gasteiger partial charge in [0.1, 0.15) is 5.56 Å². The molecule has 0 saturated carbocycles. The van der Waals surface area contributed by atoms with E-state index in [0.29, 0.717) is 17.7 Å². The molecule has 0 saturated heterocycles. The zero-order valence-corrected chi connectivity index (χ0v) is 12.3. The van der Waals surface area contributed by atoms with Crippen molar-refractivity contribution in [2.75, 3.05) is 0 Å². The van der Waals surface area contributed by atoms with Crippen molar-refractivity contribution >= 4 is 5.97 Å². The Kier molecular flexibility index (Phi) is 3.93. The standard InChI is InChI=1S/C16H20N2O2/c1-5-13-14(16(19)20)15(10(2)3)17-18(13)12-8-6-11(4)7-9-12/h6-10H,5H2,1-4H3,(H,19,20). The van der Waals surface area contributed by atoms with E-state index in [1.807, 2.05) is 52.0 Å². The van der Waals surface area contributed by atoms with E-state index in [1.54, 1.807) is 4.68 Å². The van der Waals surface area contributed by atoms with Gasteiger partial charge in [0, 0.05) is 0 Å². The largest absolute Gasteiger partial charge is 0.478 e. The second-order valence-electron chi connectivity index (χ2n) is 5.27. The van der Waals surface area contributed by atoms with Crippen molar-refractivity contribution in [3.05, 3.63) is 46.8 Å². The first kappa shape index (κ1) is 14.3. The van der Waals surface area contributed by atoms with Crippen LogP contribution < -0.4 is 0 Å². The van der Waals surface area contributed by atoms with Crippen molar-refractivity contribution in [1.82, 2.24) is 9.78 Å². The molecule has 106 valence electrons. The number of carboxylic acid groups (broad SMARTS) is 1. The van der Waals surface area contributed by atoms with Gasteiger partial charge in [0.25, 0.3) is 0 Å². The maximum atomic E-state index is 11.6. The molecule has 0 fully saturated rings. The van der Waals surface area contributed by atoms with Gasteiger partial charge in [0.05, 0.1) is 17.1 Å². The topological polar surface area (TPSA) is 55.1 Å². The van der Waals surface area contributed by atoms with Crippen molar-refractivity contribution in [2.45, 2.75) is 40.0 Å². The van der Waals surface area contributed by atoms with Crippen LogP contribution in [-0.4, -0.2) is 20.9 Å². The Labute approximate surface area is 119 Å². The van der Waals surface area contributed by atoms with Crippen LogP contribution in [0.5, 0.6) is 0 Å². The second kappa shape index (κ2) is 5.49. The molecule has 4 heteroatoms. The number of hydrogen-bond acceptors (Lipinski definition) is 2. The summed E-state index contributed by atoms with van der Waals surface area (Å²) in [6, 6.07) is 7.95. The number of aromatic carboxylic acids is 1. The lowest BCUT2D eigenvalue weighted by Crippen LogP contribution is -2.06. The number of nitrogens with zero attached hydrogens (tertiary/aromatic N) is 2. The van der Waals surface area contributed by atoms with Crippen LogP contribution in [0, 0.1) is 6.92 Å². The number of aromatic nitrogens is 2. The lowest BCUT2D eigenvalue weighted by atomic mass is 10.0. The van der Waals surface area contributed by atoms with Crippen LogP contribution in [0.25, 0.3) is 5.69 Å².